The maximum atomic E-state index is 12.6. The topological polar surface area (TPSA) is 42.4 Å². The summed E-state index contributed by atoms with van der Waals surface area (Å²) in [6.45, 7) is 2.84. The number of rotatable bonds is 6. The van der Waals surface area contributed by atoms with Crippen LogP contribution in [0.15, 0.2) is 53.9 Å². The number of ether oxygens (including phenoxy) is 1. The first-order chi connectivity index (χ1) is 12.5. The fourth-order valence-electron chi connectivity index (χ4n) is 2.50. The lowest BCUT2D eigenvalue weighted by atomic mass is 10.1. The summed E-state index contributed by atoms with van der Waals surface area (Å²) < 4.78 is 5.71. The SMILES string of the molecule is Cc1nc(COc2ccc(C(=O)N(C)Cc3ccccc3Cl)cc2)cs1. The van der Waals surface area contributed by atoms with Crippen LogP contribution >= 0.6 is 22.9 Å². The Morgan fingerprint density at radius 3 is 2.58 bits per heavy atom. The zero-order valence-electron chi connectivity index (χ0n) is 14.6. The van der Waals surface area contributed by atoms with Gasteiger partial charge in [0, 0.05) is 29.6 Å². The first-order valence-corrected chi connectivity index (χ1v) is 9.41. The Morgan fingerprint density at radius 1 is 1.19 bits per heavy atom. The van der Waals surface area contributed by atoms with Gasteiger partial charge in [0.25, 0.3) is 5.91 Å². The zero-order valence-corrected chi connectivity index (χ0v) is 16.2. The van der Waals surface area contributed by atoms with Crippen LogP contribution in [0.2, 0.25) is 5.02 Å². The van der Waals surface area contributed by atoms with Crippen molar-refractivity contribution >= 4 is 28.8 Å². The molecular weight excluding hydrogens is 368 g/mol. The molecule has 0 saturated heterocycles. The first kappa shape index (κ1) is 18.4. The molecule has 0 N–H and O–H groups in total. The van der Waals surface area contributed by atoms with Crippen LogP contribution in [-0.2, 0) is 13.2 Å². The number of aromatic nitrogens is 1. The van der Waals surface area contributed by atoms with Crippen molar-refractivity contribution in [3.63, 3.8) is 0 Å². The summed E-state index contributed by atoms with van der Waals surface area (Å²) >= 11 is 7.77. The molecule has 0 aliphatic carbocycles. The monoisotopic (exact) mass is 386 g/mol. The minimum Gasteiger partial charge on any atom is -0.487 e. The maximum Gasteiger partial charge on any atom is 0.253 e. The Labute approximate surface area is 162 Å². The number of carbonyl (C=O) groups is 1. The maximum absolute atomic E-state index is 12.6. The molecule has 1 heterocycles. The van der Waals surface area contributed by atoms with E-state index in [0.717, 1.165) is 16.3 Å². The van der Waals surface area contributed by atoms with Gasteiger partial charge in [0.05, 0.1) is 10.7 Å². The van der Waals surface area contributed by atoms with Gasteiger partial charge >= 0.3 is 0 Å². The lowest BCUT2D eigenvalue weighted by Gasteiger charge is -2.18. The molecule has 1 aromatic heterocycles. The van der Waals surface area contributed by atoms with Crippen molar-refractivity contribution in [2.24, 2.45) is 0 Å². The third-order valence-electron chi connectivity index (χ3n) is 3.87. The van der Waals surface area contributed by atoms with Gasteiger partial charge in [-0.25, -0.2) is 4.98 Å². The quantitative estimate of drug-likeness (QED) is 0.601. The standard InChI is InChI=1S/C20H19ClN2O2S/c1-14-22-17(13-26-14)12-25-18-9-7-15(8-10-18)20(24)23(2)11-16-5-3-4-6-19(16)21/h3-10,13H,11-12H2,1-2H3. The number of amides is 1. The molecule has 134 valence electrons. The van der Waals surface area contributed by atoms with E-state index in [0.29, 0.717) is 29.5 Å². The fourth-order valence-corrected chi connectivity index (χ4v) is 3.29. The molecule has 0 aliphatic rings. The molecule has 2 aromatic carbocycles. The molecule has 0 unspecified atom stereocenters. The van der Waals surface area contributed by atoms with Crippen molar-refractivity contribution in [3.05, 3.63) is 80.8 Å². The highest BCUT2D eigenvalue weighted by Gasteiger charge is 2.13. The Morgan fingerprint density at radius 2 is 1.92 bits per heavy atom. The van der Waals surface area contributed by atoms with Gasteiger partial charge in [-0.3, -0.25) is 4.79 Å². The van der Waals surface area contributed by atoms with Gasteiger partial charge in [0.1, 0.15) is 12.4 Å². The van der Waals surface area contributed by atoms with Crippen molar-refractivity contribution in [2.45, 2.75) is 20.1 Å². The molecule has 6 heteroatoms. The van der Waals surface area contributed by atoms with Crippen molar-refractivity contribution in [2.75, 3.05) is 7.05 Å². The highest BCUT2D eigenvalue weighted by Crippen LogP contribution is 2.19. The van der Waals surface area contributed by atoms with E-state index >= 15 is 0 Å². The summed E-state index contributed by atoms with van der Waals surface area (Å²) in [6.07, 6.45) is 0. The number of carbonyl (C=O) groups excluding carboxylic acids is 1. The molecule has 0 saturated carbocycles. The summed E-state index contributed by atoms with van der Waals surface area (Å²) in [5.74, 6) is 0.646. The molecule has 0 atom stereocenters. The molecule has 0 bridgehead atoms. The van der Waals surface area contributed by atoms with E-state index in [1.165, 1.54) is 0 Å². The number of hydrogen-bond acceptors (Lipinski definition) is 4. The van der Waals surface area contributed by atoms with Gasteiger partial charge in [-0.1, -0.05) is 29.8 Å². The number of thiazole rings is 1. The largest absolute Gasteiger partial charge is 0.487 e. The summed E-state index contributed by atoms with van der Waals surface area (Å²) in [4.78, 5) is 18.6. The van der Waals surface area contributed by atoms with Gasteiger partial charge in [0.15, 0.2) is 0 Å². The second-order valence-electron chi connectivity index (χ2n) is 5.92. The Balaban J connectivity index is 1.60. The molecule has 0 aliphatic heterocycles. The van der Waals surface area contributed by atoms with Crippen LogP contribution in [-0.4, -0.2) is 22.8 Å². The number of aryl methyl sites for hydroxylation is 1. The number of nitrogens with zero attached hydrogens (tertiary/aromatic N) is 2. The molecule has 4 nitrogen and oxygen atoms in total. The normalized spacial score (nSPS) is 10.6. The molecule has 0 spiro atoms. The molecule has 3 rings (SSSR count). The van der Waals surface area contributed by atoms with E-state index in [1.807, 2.05) is 36.6 Å². The average molecular weight is 387 g/mol. The van der Waals surface area contributed by atoms with Crippen molar-refractivity contribution in [3.8, 4) is 5.75 Å². The molecule has 26 heavy (non-hydrogen) atoms. The second kappa shape index (κ2) is 8.34. The van der Waals surface area contributed by atoms with Gasteiger partial charge in [0.2, 0.25) is 0 Å². The van der Waals surface area contributed by atoms with Crippen LogP contribution in [0.1, 0.15) is 26.6 Å². The van der Waals surface area contributed by atoms with Crippen LogP contribution in [0.5, 0.6) is 5.75 Å². The third-order valence-corrected chi connectivity index (χ3v) is 5.06. The van der Waals surface area contributed by atoms with Gasteiger partial charge in [-0.2, -0.15) is 0 Å². The third kappa shape index (κ3) is 4.62. The van der Waals surface area contributed by atoms with Crippen LogP contribution in [0.4, 0.5) is 0 Å². The zero-order chi connectivity index (χ0) is 18.5. The number of hydrogen-bond donors (Lipinski definition) is 0. The summed E-state index contributed by atoms with van der Waals surface area (Å²) in [5, 5.41) is 3.66. The van der Waals surface area contributed by atoms with Crippen molar-refractivity contribution < 1.29 is 9.53 Å². The summed E-state index contributed by atoms with van der Waals surface area (Å²) in [5.41, 5.74) is 2.44. The first-order valence-electron chi connectivity index (χ1n) is 8.15. The van der Waals surface area contributed by atoms with Crippen LogP contribution in [0.25, 0.3) is 0 Å². The van der Waals surface area contributed by atoms with E-state index in [2.05, 4.69) is 4.98 Å². The molecule has 0 radical (unpaired) electrons. The lowest BCUT2D eigenvalue weighted by Crippen LogP contribution is -2.26. The second-order valence-corrected chi connectivity index (χ2v) is 7.39. The van der Waals surface area contributed by atoms with Gasteiger partial charge in [-0.05, 0) is 42.8 Å². The summed E-state index contributed by atoms with van der Waals surface area (Å²) in [6, 6.07) is 14.7. The van der Waals surface area contributed by atoms with E-state index in [1.54, 1.807) is 47.5 Å². The Kier molecular flexibility index (Phi) is 5.91. The fraction of sp³-hybridized carbons (Fsp3) is 0.200. The van der Waals surface area contributed by atoms with E-state index in [-0.39, 0.29) is 5.91 Å². The number of benzene rings is 2. The van der Waals surface area contributed by atoms with Crippen LogP contribution in [0, 0.1) is 6.92 Å². The predicted octanol–water partition coefficient (Wildman–Crippen LogP) is 4.96. The van der Waals surface area contributed by atoms with Crippen molar-refractivity contribution in [1.82, 2.24) is 9.88 Å². The Hall–Kier alpha value is -2.37. The smallest absolute Gasteiger partial charge is 0.253 e. The van der Waals surface area contributed by atoms with Crippen LogP contribution in [0.3, 0.4) is 0 Å². The minimum atomic E-state index is -0.0633. The minimum absolute atomic E-state index is 0.0633. The van der Waals surface area contributed by atoms with Crippen molar-refractivity contribution in [1.29, 1.82) is 0 Å². The van der Waals surface area contributed by atoms with E-state index in [9.17, 15) is 4.79 Å². The highest BCUT2D eigenvalue weighted by molar-refractivity contribution is 7.09. The molecule has 3 aromatic rings. The van der Waals surface area contributed by atoms with Gasteiger partial charge in [-0.15, -0.1) is 11.3 Å². The van der Waals surface area contributed by atoms with Gasteiger partial charge < -0.3 is 9.64 Å². The number of halogens is 1. The van der Waals surface area contributed by atoms with Crippen LogP contribution < -0.4 is 4.74 Å². The molecular formula is C20H19ClN2O2S. The predicted molar refractivity (Wildman–Crippen MR) is 105 cm³/mol. The summed E-state index contributed by atoms with van der Waals surface area (Å²) in [7, 11) is 1.76. The van der Waals surface area contributed by atoms with E-state index < -0.39 is 0 Å². The Bertz CT molecular complexity index is 893. The van der Waals surface area contributed by atoms with E-state index in [4.69, 9.17) is 16.3 Å². The highest BCUT2D eigenvalue weighted by atomic mass is 35.5. The lowest BCUT2D eigenvalue weighted by molar-refractivity contribution is 0.0785. The molecule has 1 amide bonds. The average Bonchev–Trinajstić information content (AvgIpc) is 3.07. The molecule has 0 fully saturated rings.